The topological polar surface area (TPSA) is 36.4 Å². The normalized spacial score (nSPS) is 15.1. The first-order valence-corrected chi connectivity index (χ1v) is 14.6. The van der Waals surface area contributed by atoms with Crippen molar-refractivity contribution in [2.45, 2.75) is 79.2 Å². The highest BCUT2D eigenvalue weighted by Gasteiger charge is 2.41. The van der Waals surface area contributed by atoms with E-state index in [1.54, 1.807) is 0 Å². The van der Waals surface area contributed by atoms with Crippen molar-refractivity contribution in [1.29, 1.82) is 0 Å². The number of benzene rings is 2. The van der Waals surface area contributed by atoms with Crippen LogP contribution in [0.1, 0.15) is 67.8 Å². The maximum Gasteiger partial charge on any atom is 0.391 e. The summed E-state index contributed by atoms with van der Waals surface area (Å²) >= 11 is 6.74. The van der Waals surface area contributed by atoms with E-state index < -0.39 is 12.1 Å². The van der Waals surface area contributed by atoms with E-state index >= 15 is 0 Å². The van der Waals surface area contributed by atoms with Crippen LogP contribution in [0.3, 0.4) is 0 Å². The zero-order valence-electron chi connectivity index (χ0n) is 24.6. The molecule has 4 rings (SSSR count). The largest absolute Gasteiger partial charge is 0.391 e. The van der Waals surface area contributed by atoms with Crippen molar-refractivity contribution < 1.29 is 18.0 Å². The van der Waals surface area contributed by atoms with Crippen LogP contribution in [0, 0.1) is 19.8 Å². The Morgan fingerprint density at radius 3 is 1.88 bits per heavy atom. The van der Waals surface area contributed by atoms with Gasteiger partial charge >= 0.3 is 6.18 Å². The molecule has 41 heavy (non-hydrogen) atoms. The maximum atomic E-state index is 13.8. The fourth-order valence-corrected chi connectivity index (χ4v) is 6.10. The fraction of sp³-hybridized carbons (Fsp3) is 0.455. The van der Waals surface area contributed by atoms with Crippen molar-refractivity contribution in [2.24, 2.45) is 5.92 Å². The van der Waals surface area contributed by atoms with Crippen LogP contribution in [0.25, 0.3) is 22.3 Å². The Hall–Kier alpha value is -2.90. The van der Waals surface area contributed by atoms with Gasteiger partial charge in [-0.3, -0.25) is 14.7 Å². The summed E-state index contributed by atoms with van der Waals surface area (Å²) in [5.74, 6) is -1.29. The molecule has 4 nitrogen and oxygen atoms in total. The van der Waals surface area contributed by atoms with Crippen molar-refractivity contribution >= 4 is 17.5 Å². The summed E-state index contributed by atoms with van der Waals surface area (Å²) in [6.07, 6.45) is -3.77. The molecule has 2 heterocycles. The summed E-state index contributed by atoms with van der Waals surface area (Å²) in [7, 11) is 0. The number of nitrogens with zero attached hydrogens (tertiary/aromatic N) is 3. The van der Waals surface area contributed by atoms with E-state index in [1.165, 1.54) is 0 Å². The molecule has 0 radical (unpaired) electrons. The van der Waals surface area contributed by atoms with Gasteiger partial charge in [-0.25, -0.2) is 0 Å². The molecule has 0 atom stereocenters. The van der Waals surface area contributed by atoms with Gasteiger partial charge in [0.25, 0.3) is 5.91 Å². The van der Waals surface area contributed by atoms with Gasteiger partial charge in [0.1, 0.15) is 0 Å². The van der Waals surface area contributed by atoms with E-state index in [2.05, 4.69) is 9.88 Å². The molecular weight excluding hydrogens is 547 g/mol. The van der Waals surface area contributed by atoms with Gasteiger partial charge in [0.15, 0.2) is 0 Å². The second-order valence-corrected chi connectivity index (χ2v) is 12.0. The molecule has 1 amide bonds. The van der Waals surface area contributed by atoms with E-state index in [0.717, 1.165) is 33.5 Å². The van der Waals surface area contributed by atoms with E-state index in [4.69, 9.17) is 11.6 Å². The number of pyridine rings is 1. The molecule has 0 N–H and O–H groups in total. The first-order valence-electron chi connectivity index (χ1n) is 14.3. The Morgan fingerprint density at radius 2 is 1.39 bits per heavy atom. The highest BCUT2D eigenvalue weighted by atomic mass is 35.5. The SMILES string of the molecule is Cc1nc(C)c(-c2ccc(-c3ccc(CN4CCC(C(F)(F)F)CC4)cc3)cc2)c(C(=O)N(C(C)C)C(C)C)c1Cl. The monoisotopic (exact) mass is 585 g/mol. The summed E-state index contributed by atoms with van der Waals surface area (Å²) in [4.78, 5) is 22.4. The number of piperidine rings is 1. The number of alkyl halides is 3. The summed E-state index contributed by atoms with van der Waals surface area (Å²) < 4.78 is 38.9. The summed E-state index contributed by atoms with van der Waals surface area (Å²) in [6, 6.07) is 16.2. The third kappa shape index (κ3) is 6.95. The van der Waals surface area contributed by atoms with Crippen LogP contribution in [0.2, 0.25) is 5.02 Å². The van der Waals surface area contributed by atoms with E-state index in [0.29, 0.717) is 35.9 Å². The van der Waals surface area contributed by atoms with E-state index in [9.17, 15) is 18.0 Å². The maximum absolute atomic E-state index is 13.8. The van der Waals surface area contributed by atoms with Gasteiger partial charge in [-0.15, -0.1) is 0 Å². The first-order chi connectivity index (χ1) is 19.3. The van der Waals surface area contributed by atoms with Crippen LogP contribution in [-0.4, -0.2) is 52.0 Å². The number of likely N-dealkylation sites (tertiary alicyclic amines) is 1. The van der Waals surface area contributed by atoms with Gasteiger partial charge in [0.05, 0.1) is 22.2 Å². The van der Waals surface area contributed by atoms with Crippen LogP contribution >= 0.6 is 11.6 Å². The number of hydrogen-bond acceptors (Lipinski definition) is 3. The van der Waals surface area contributed by atoms with E-state index in [1.807, 2.05) is 95.0 Å². The highest BCUT2D eigenvalue weighted by molar-refractivity contribution is 6.35. The average molecular weight is 586 g/mol. The first kappa shape index (κ1) is 31.0. The lowest BCUT2D eigenvalue weighted by Crippen LogP contribution is -2.42. The highest BCUT2D eigenvalue weighted by Crippen LogP contribution is 2.37. The zero-order valence-corrected chi connectivity index (χ0v) is 25.4. The predicted molar refractivity (Wildman–Crippen MR) is 160 cm³/mol. The van der Waals surface area contributed by atoms with Crippen LogP contribution in [0.4, 0.5) is 13.2 Å². The number of amides is 1. The molecule has 1 aliphatic heterocycles. The second kappa shape index (κ2) is 12.5. The molecule has 220 valence electrons. The Bertz CT molecular complexity index is 1350. The van der Waals surface area contributed by atoms with Gasteiger partial charge in [-0.05, 0) is 89.7 Å². The molecular formula is C33H39ClF3N3O. The number of aryl methyl sites for hydroxylation is 2. The molecule has 1 aromatic heterocycles. The molecule has 8 heteroatoms. The van der Waals surface area contributed by atoms with Crippen LogP contribution in [0.15, 0.2) is 48.5 Å². The minimum atomic E-state index is -4.09. The Balaban J connectivity index is 1.55. The number of hydrogen-bond donors (Lipinski definition) is 0. The average Bonchev–Trinajstić information content (AvgIpc) is 2.90. The number of carbonyl (C=O) groups is 1. The Kier molecular flexibility index (Phi) is 9.49. The number of aromatic nitrogens is 1. The molecule has 2 aromatic carbocycles. The van der Waals surface area contributed by atoms with Crippen molar-refractivity contribution in [3.8, 4) is 22.3 Å². The molecule has 1 saturated heterocycles. The molecule has 3 aromatic rings. The second-order valence-electron chi connectivity index (χ2n) is 11.6. The smallest absolute Gasteiger partial charge is 0.334 e. The third-order valence-electron chi connectivity index (χ3n) is 7.96. The Labute approximate surface area is 246 Å². The molecule has 0 spiro atoms. The summed E-state index contributed by atoms with van der Waals surface area (Å²) in [6.45, 7) is 13.3. The van der Waals surface area contributed by atoms with Crippen molar-refractivity contribution in [3.05, 3.63) is 76.1 Å². The zero-order chi connectivity index (χ0) is 30.1. The molecule has 0 aliphatic carbocycles. The van der Waals surface area contributed by atoms with Gasteiger partial charge in [-0.2, -0.15) is 13.2 Å². The van der Waals surface area contributed by atoms with Crippen molar-refractivity contribution in [1.82, 2.24) is 14.8 Å². The Morgan fingerprint density at radius 1 is 0.902 bits per heavy atom. The van der Waals surface area contributed by atoms with Crippen molar-refractivity contribution in [3.63, 3.8) is 0 Å². The molecule has 1 fully saturated rings. The molecule has 1 aliphatic rings. The molecule has 0 saturated carbocycles. The predicted octanol–water partition coefficient (Wildman–Crippen LogP) is 8.72. The summed E-state index contributed by atoms with van der Waals surface area (Å²) in [5.41, 5.74) is 6.61. The molecule has 0 unspecified atom stereocenters. The number of rotatable bonds is 7. The minimum Gasteiger partial charge on any atom is -0.334 e. The van der Waals surface area contributed by atoms with Crippen LogP contribution in [0.5, 0.6) is 0 Å². The van der Waals surface area contributed by atoms with Gasteiger partial charge < -0.3 is 4.90 Å². The lowest BCUT2D eigenvalue weighted by atomic mass is 9.94. The van der Waals surface area contributed by atoms with Crippen molar-refractivity contribution in [2.75, 3.05) is 13.1 Å². The van der Waals surface area contributed by atoms with E-state index in [-0.39, 0.29) is 30.8 Å². The standard InChI is InChI=1S/C33H39ClF3N3O/c1-20(2)40(21(3)4)32(41)30-29(22(5)38-23(6)31(30)34)27-13-11-26(12-14-27)25-9-7-24(8-10-25)19-39-17-15-28(16-18-39)33(35,36)37/h7-14,20-21,28H,15-19H2,1-6H3. The van der Waals surface area contributed by atoms with Crippen LogP contribution < -0.4 is 0 Å². The third-order valence-corrected chi connectivity index (χ3v) is 8.43. The molecule has 0 bridgehead atoms. The van der Waals surface area contributed by atoms with Gasteiger partial charge in [0, 0.05) is 29.9 Å². The van der Waals surface area contributed by atoms with Crippen LogP contribution in [-0.2, 0) is 6.54 Å². The fourth-order valence-electron chi connectivity index (χ4n) is 5.89. The van der Waals surface area contributed by atoms with Gasteiger partial charge in [-0.1, -0.05) is 60.1 Å². The lowest BCUT2D eigenvalue weighted by molar-refractivity contribution is -0.185. The number of carbonyl (C=O) groups excluding carboxylic acids is 1. The summed E-state index contributed by atoms with van der Waals surface area (Å²) in [5, 5.41) is 0.379. The minimum absolute atomic E-state index is 0.0114. The quantitative estimate of drug-likeness (QED) is 0.278. The number of halogens is 4. The lowest BCUT2D eigenvalue weighted by Gasteiger charge is -2.32. The van der Waals surface area contributed by atoms with Gasteiger partial charge in [0.2, 0.25) is 0 Å².